The molecule has 0 aliphatic heterocycles. The Balaban J connectivity index is 2.70. The molecule has 0 aliphatic carbocycles. The van der Waals surface area contributed by atoms with Gasteiger partial charge in [0, 0.05) is 13.1 Å². The molecule has 1 aromatic carbocycles. The van der Waals surface area contributed by atoms with Crippen molar-refractivity contribution < 1.29 is 8.78 Å². The average Bonchev–Trinajstić information content (AvgIpc) is 2.54. The smallest absolute Gasteiger partial charge is 0.247 e. The van der Waals surface area contributed by atoms with E-state index in [1.54, 1.807) is 0 Å². The van der Waals surface area contributed by atoms with Gasteiger partial charge in [-0.2, -0.15) is 5.10 Å². The molecule has 1 aromatic heterocycles. The van der Waals surface area contributed by atoms with Crippen molar-refractivity contribution in [1.29, 1.82) is 0 Å². The van der Waals surface area contributed by atoms with E-state index < -0.39 is 17.3 Å². The van der Waals surface area contributed by atoms with Gasteiger partial charge >= 0.3 is 5.69 Å². The molecule has 0 aliphatic rings. The summed E-state index contributed by atoms with van der Waals surface area (Å²) in [6, 6.07) is 1.90. The molecule has 7 heteroatoms. The lowest BCUT2D eigenvalue weighted by Crippen LogP contribution is -2.22. The Morgan fingerprint density at radius 1 is 1.31 bits per heavy atom. The van der Waals surface area contributed by atoms with Crippen LogP contribution in [0.15, 0.2) is 27.7 Å². The van der Waals surface area contributed by atoms with E-state index in [1.807, 2.05) is 0 Å². The fraction of sp³-hybridized carbons (Fsp3) is 0.111. The third kappa shape index (κ3) is 1.67. The van der Waals surface area contributed by atoms with Gasteiger partial charge in [0.2, 0.25) is 0 Å². The predicted octanol–water partition coefficient (Wildman–Crippen LogP) is 1.61. The Morgan fingerprint density at radius 3 is 2.56 bits per heavy atom. The normalized spacial score (nSPS) is 10.8. The van der Waals surface area contributed by atoms with E-state index in [2.05, 4.69) is 21.0 Å². The van der Waals surface area contributed by atoms with Gasteiger partial charge in [0.1, 0.15) is 18.0 Å². The van der Waals surface area contributed by atoms with Crippen LogP contribution in [0.5, 0.6) is 0 Å². The summed E-state index contributed by atoms with van der Waals surface area (Å²) >= 11 is 2.85. The first-order valence-corrected chi connectivity index (χ1v) is 5.05. The standard InChI is InChI=1S/C9H6BrF2N3O/c1-14-9(16)15(4-13-14)8-3-6(11)5(10)2-7(8)12/h2-4H,1H3. The molecule has 2 rings (SSSR count). The number of hydrogen-bond donors (Lipinski definition) is 0. The summed E-state index contributed by atoms with van der Waals surface area (Å²) in [7, 11) is 1.42. The van der Waals surface area contributed by atoms with E-state index in [0.717, 1.165) is 27.7 Å². The second kappa shape index (κ2) is 3.82. The molecule has 0 radical (unpaired) electrons. The Morgan fingerprint density at radius 2 is 2.00 bits per heavy atom. The van der Waals surface area contributed by atoms with Crippen LogP contribution in [0.25, 0.3) is 5.69 Å². The lowest BCUT2D eigenvalue weighted by molar-refractivity contribution is 0.585. The highest BCUT2D eigenvalue weighted by molar-refractivity contribution is 9.10. The summed E-state index contributed by atoms with van der Waals surface area (Å²) in [6.45, 7) is 0. The van der Waals surface area contributed by atoms with Crippen LogP contribution < -0.4 is 5.69 Å². The molecule has 0 saturated carbocycles. The summed E-state index contributed by atoms with van der Waals surface area (Å²) in [4.78, 5) is 11.5. The molecule has 0 fully saturated rings. The van der Waals surface area contributed by atoms with Gasteiger partial charge in [0.05, 0.1) is 10.2 Å². The maximum absolute atomic E-state index is 13.5. The van der Waals surface area contributed by atoms with Gasteiger partial charge in [0.15, 0.2) is 0 Å². The monoisotopic (exact) mass is 289 g/mol. The zero-order valence-electron chi connectivity index (χ0n) is 8.12. The largest absolute Gasteiger partial charge is 0.350 e. The summed E-state index contributed by atoms with van der Waals surface area (Å²) in [5.74, 6) is -1.35. The molecule has 0 amide bonds. The Hall–Kier alpha value is -1.50. The van der Waals surface area contributed by atoms with Crippen molar-refractivity contribution in [3.63, 3.8) is 0 Å². The van der Waals surface area contributed by atoms with Gasteiger partial charge < -0.3 is 0 Å². The van der Waals surface area contributed by atoms with E-state index >= 15 is 0 Å². The number of rotatable bonds is 1. The van der Waals surface area contributed by atoms with Crippen LogP contribution in [0.3, 0.4) is 0 Å². The fourth-order valence-corrected chi connectivity index (χ4v) is 1.56. The van der Waals surface area contributed by atoms with Crippen LogP contribution in [-0.4, -0.2) is 14.3 Å². The Bertz CT molecular complexity index is 605. The van der Waals surface area contributed by atoms with Crippen LogP contribution in [0, 0.1) is 11.6 Å². The fourth-order valence-electron chi connectivity index (χ4n) is 1.25. The van der Waals surface area contributed by atoms with Gasteiger partial charge in [0.25, 0.3) is 0 Å². The first kappa shape index (κ1) is 11.0. The molecule has 1 heterocycles. The van der Waals surface area contributed by atoms with Gasteiger partial charge in [-0.3, -0.25) is 0 Å². The Labute approximate surface area is 97.3 Å². The number of benzene rings is 1. The van der Waals surface area contributed by atoms with E-state index in [1.165, 1.54) is 7.05 Å². The molecule has 0 saturated heterocycles. The van der Waals surface area contributed by atoms with Crippen molar-refractivity contribution in [2.24, 2.45) is 7.05 Å². The summed E-state index contributed by atoms with van der Waals surface area (Å²) in [5.41, 5.74) is -0.709. The minimum Gasteiger partial charge on any atom is -0.247 e. The summed E-state index contributed by atoms with van der Waals surface area (Å²) in [5, 5.41) is 3.65. The number of hydrogen-bond acceptors (Lipinski definition) is 2. The molecule has 0 spiro atoms. The third-order valence-electron chi connectivity index (χ3n) is 2.07. The van der Waals surface area contributed by atoms with Crippen molar-refractivity contribution in [3.8, 4) is 5.69 Å². The molecule has 0 unspecified atom stereocenters. The minimum absolute atomic E-state index is 0.00527. The average molecular weight is 290 g/mol. The number of halogens is 3. The first-order chi connectivity index (χ1) is 7.50. The topological polar surface area (TPSA) is 39.8 Å². The van der Waals surface area contributed by atoms with Crippen molar-refractivity contribution in [2.75, 3.05) is 0 Å². The molecule has 2 aromatic rings. The third-order valence-corrected chi connectivity index (χ3v) is 2.68. The van der Waals surface area contributed by atoms with Crippen molar-refractivity contribution in [2.45, 2.75) is 0 Å². The van der Waals surface area contributed by atoms with Gasteiger partial charge in [-0.25, -0.2) is 22.8 Å². The lowest BCUT2D eigenvalue weighted by atomic mass is 10.3. The van der Waals surface area contributed by atoms with E-state index in [0.29, 0.717) is 0 Å². The van der Waals surface area contributed by atoms with Crippen LogP contribution in [0.2, 0.25) is 0 Å². The SMILES string of the molecule is Cn1ncn(-c2cc(F)c(Br)cc2F)c1=O. The predicted molar refractivity (Wildman–Crippen MR) is 56.4 cm³/mol. The van der Waals surface area contributed by atoms with Crippen molar-refractivity contribution in [1.82, 2.24) is 14.3 Å². The molecule has 4 nitrogen and oxygen atoms in total. The first-order valence-electron chi connectivity index (χ1n) is 4.26. The van der Waals surface area contributed by atoms with E-state index in [4.69, 9.17) is 0 Å². The number of aryl methyl sites for hydroxylation is 1. The Kier molecular flexibility index (Phi) is 2.63. The maximum Gasteiger partial charge on any atom is 0.350 e. The van der Waals surface area contributed by atoms with E-state index in [9.17, 15) is 13.6 Å². The maximum atomic E-state index is 13.5. The second-order valence-corrected chi connectivity index (χ2v) is 3.98. The van der Waals surface area contributed by atoms with Crippen LogP contribution in [-0.2, 0) is 7.05 Å². The van der Waals surface area contributed by atoms with Crippen molar-refractivity contribution >= 4 is 15.9 Å². The molecule has 84 valence electrons. The summed E-state index contributed by atoms with van der Waals surface area (Å²) in [6.07, 6.45) is 1.13. The molecular formula is C9H6BrF2N3O. The highest BCUT2D eigenvalue weighted by Crippen LogP contribution is 2.21. The van der Waals surface area contributed by atoms with E-state index in [-0.39, 0.29) is 10.2 Å². The molecule has 0 bridgehead atoms. The van der Waals surface area contributed by atoms with Gasteiger partial charge in [-0.1, -0.05) is 0 Å². The zero-order chi connectivity index (χ0) is 11.9. The number of nitrogens with zero attached hydrogens (tertiary/aromatic N) is 3. The highest BCUT2D eigenvalue weighted by atomic mass is 79.9. The van der Waals surface area contributed by atoms with Gasteiger partial charge in [-0.05, 0) is 22.0 Å². The highest BCUT2D eigenvalue weighted by Gasteiger charge is 2.12. The van der Waals surface area contributed by atoms with Crippen LogP contribution in [0.4, 0.5) is 8.78 Å². The molecular weight excluding hydrogens is 284 g/mol. The minimum atomic E-state index is -0.705. The molecule has 0 atom stereocenters. The van der Waals surface area contributed by atoms with Gasteiger partial charge in [-0.15, -0.1) is 0 Å². The van der Waals surface area contributed by atoms with Crippen molar-refractivity contribution in [3.05, 3.63) is 45.1 Å². The lowest BCUT2D eigenvalue weighted by Gasteiger charge is -2.03. The van der Waals surface area contributed by atoms with Crippen LogP contribution >= 0.6 is 15.9 Å². The summed E-state index contributed by atoms with van der Waals surface area (Å²) < 4.78 is 28.7. The molecule has 0 N–H and O–H groups in total. The second-order valence-electron chi connectivity index (χ2n) is 3.12. The molecule has 16 heavy (non-hydrogen) atoms. The zero-order valence-corrected chi connectivity index (χ0v) is 9.70. The quantitative estimate of drug-likeness (QED) is 0.749. The number of aromatic nitrogens is 3. The van der Waals surface area contributed by atoms with Crippen LogP contribution in [0.1, 0.15) is 0 Å².